The average Bonchev–Trinajstić information content (AvgIpc) is 3.20. The highest BCUT2D eigenvalue weighted by Gasteiger charge is 2.33. The molecule has 2 aromatic heterocycles. The van der Waals surface area contributed by atoms with Crippen molar-refractivity contribution >= 4 is 38.5 Å². The molecule has 1 fully saturated rings. The zero-order valence-electron chi connectivity index (χ0n) is 13.9. The van der Waals surface area contributed by atoms with E-state index >= 15 is 0 Å². The van der Waals surface area contributed by atoms with Crippen molar-refractivity contribution in [2.24, 2.45) is 0 Å². The Morgan fingerprint density at radius 1 is 1.32 bits per heavy atom. The molecule has 0 spiro atoms. The van der Waals surface area contributed by atoms with Gasteiger partial charge in [0.05, 0.1) is 15.5 Å². The van der Waals surface area contributed by atoms with Gasteiger partial charge < -0.3 is 4.90 Å². The normalized spacial score (nSPS) is 16.4. The van der Waals surface area contributed by atoms with Crippen molar-refractivity contribution < 1.29 is 13.2 Å². The highest BCUT2D eigenvalue weighted by Crippen LogP contribution is 2.21. The Hall–Kier alpha value is -1.47. The number of hydrogen-bond donors (Lipinski definition) is 1. The molecule has 1 aliphatic heterocycles. The lowest BCUT2D eigenvalue weighted by Gasteiger charge is -2.33. The molecule has 9 nitrogen and oxygen atoms in total. The van der Waals surface area contributed by atoms with Gasteiger partial charge in [0.1, 0.15) is 10.6 Å². The SMILES string of the molecule is CCn1cc(S(=O)(=O)N2CCN(C(=O)c3[nH]ncc3I)CC2)c(C)n1. The molecule has 11 heteroatoms. The maximum absolute atomic E-state index is 12.8. The number of nitrogens with zero attached hydrogens (tertiary/aromatic N) is 5. The van der Waals surface area contributed by atoms with Crippen LogP contribution >= 0.6 is 22.6 Å². The van der Waals surface area contributed by atoms with Crippen LogP contribution in [0.25, 0.3) is 0 Å². The molecule has 1 N–H and O–H groups in total. The molecule has 3 heterocycles. The van der Waals surface area contributed by atoms with Crippen LogP contribution in [0.5, 0.6) is 0 Å². The van der Waals surface area contributed by atoms with Crippen molar-refractivity contribution in [3.63, 3.8) is 0 Å². The lowest BCUT2D eigenvalue weighted by Crippen LogP contribution is -2.50. The minimum atomic E-state index is -3.60. The third-order valence-corrected chi connectivity index (χ3v) is 7.00. The Morgan fingerprint density at radius 3 is 2.52 bits per heavy atom. The van der Waals surface area contributed by atoms with Crippen LogP contribution in [0.2, 0.25) is 0 Å². The largest absolute Gasteiger partial charge is 0.335 e. The minimum absolute atomic E-state index is 0.158. The molecule has 2 aromatic rings. The van der Waals surface area contributed by atoms with Gasteiger partial charge in [-0.15, -0.1) is 0 Å². The summed E-state index contributed by atoms with van der Waals surface area (Å²) in [7, 11) is -3.60. The summed E-state index contributed by atoms with van der Waals surface area (Å²) in [6, 6.07) is 0. The summed E-state index contributed by atoms with van der Waals surface area (Å²) in [5, 5.41) is 10.8. The van der Waals surface area contributed by atoms with Gasteiger partial charge >= 0.3 is 0 Å². The van der Waals surface area contributed by atoms with Gasteiger partial charge in [-0.25, -0.2) is 8.42 Å². The number of sulfonamides is 1. The summed E-state index contributed by atoms with van der Waals surface area (Å²) in [4.78, 5) is 14.3. The van der Waals surface area contributed by atoms with E-state index in [-0.39, 0.29) is 23.9 Å². The fourth-order valence-corrected chi connectivity index (χ4v) is 4.85. The first-order valence-corrected chi connectivity index (χ1v) is 10.4. The minimum Gasteiger partial charge on any atom is -0.335 e. The van der Waals surface area contributed by atoms with E-state index in [4.69, 9.17) is 0 Å². The molecular formula is C14H19IN6O3S. The lowest BCUT2D eigenvalue weighted by atomic mass is 10.3. The summed E-state index contributed by atoms with van der Waals surface area (Å²) >= 11 is 2.04. The Morgan fingerprint density at radius 2 is 2.00 bits per heavy atom. The van der Waals surface area contributed by atoms with E-state index < -0.39 is 10.0 Å². The van der Waals surface area contributed by atoms with Crippen molar-refractivity contribution in [1.29, 1.82) is 0 Å². The number of amides is 1. The van der Waals surface area contributed by atoms with Gasteiger partial charge in [0.15, 0.2) is 0 Å². The Balaban J connectivity index is 1.72. The van der Waals surface area contributed by atoms with Gasteiger partial charge in [0.25, 0.3) is 5.91 Å². The standard InChI is InChI=1S/C14H19IN6O3S/c1-3-20-9-12(10(2)18-20)25(23,24)21-6-4-19(5-7-21)14(22)13-11(15)8-16-17-13/h8-9H,3-7H2,1-2H3,(H,16,17). The van der Waals surface area contributed by atoms with Crippen LogP contribution in [-0.2, 0) is 16.6 Å². The number of hydrogen-bond acceptors (Lipinski definition) is 5. The van der Waals surface area contributed by atoms with Gasteiger partial charge in [0.2, 0.25) is 10.0 Å². The summed E-state index contributed by atoms with van der Waals surface area (Å²) in [5.74, 6) is -0.158. The first-order valence-electron chi connectivity index (χ1n) is 7.87. The molecule has 0 aromatic carbocycles. The Bertz CT molecular complexity index is 882. The Labute approximate surface area is 159 Å². The number of H-pyrrole nitrogens is 1. The molecule has 0 unspecified atom stereocenters. The molecule has 0 saturated carbocycles. The second-order valence-corrected chi connectivity index (χ2v) is 8.79. The third-order valence-electron chi connectivity index (χ3n) is 4.18. The molecule has 0 atom stereocenters. The predicted octanol–water partition coefficient (Wildman–Crippen LogP) is 0.686. The first kappa shape index (κ1) is 18.3. The molecule has 1 amide bonds. The summed E-state index contributed by atoms with van der Waals surface area (Å²) in [6.07, 6.45) is 3.15. The number of aromatic amines is 1. The van der Waals surface area contributed by atoms with Crippen molar-refractivity contribution in [2.75, 3.05) is 26.2 Å². The first-order chi connectivity index (χ1) is 11.8. The Kier molecular flexibility index (Phi) is 5.16. The van der Waals surface area contributed by atoms with Crippen LogP contribution in [0.15, 0.2) is 17.3 Å². The number of aryl methyl sites for hydroxylation is 2. The summed E-state index contributed by atoms with van der Waals surface area (Å²) in [6.45, 7) is 5.41. The molecule has 1 aliphatic rings. The van der Waals surface area contributed by atoms with Crippen LogP contribution < -0.4 is 0 Å². The maximum atomic E-state index is 12.8. The fourth-order valence-electron chi connectivity index (χ4n) is 2.77. The topological polar surface area (TPSA) is 104 Å². The molecule has 0 bridgehead atoms. The molecule has 3 rings (SSSR count). The molecular weight excluding hydrogens is 459 g/mol. The summed E-state index contributed by atoms with van der Waals surface area (Å²) in [5.41, 5.74) is 0.935. The van der Waals surface area contributed by atoms with Crippen LogP contribution in [0.4, 0.5) is 0 Å². The van der Waals surface area contributed by atoms with Crippen LogP contribution in [0, 0.1) is 10.5 Å². The van der Waals surface area contributed by atoms with Gasteiger partial charge in [-0.05, 0) is 36.4 Å². The second kappa shape index (κ2) is 7.03. The number of carbonyl (C=O) groups is 1. The molecule has 136 valence electrons. The van der Waals surface area contributed by atoms with E-state index in [2.05, 4.69) is 15.3 Å². The number of nitrogens with one attached hydrogen (secondary N) is 1. The van der Waals surface area contributed by atoms with E-state index in [1.165, 1.54) is 4.31 Å². The van der Waals surface area contributed by atoms with Crippen molar-refractivity contribution in [3.05, 3.63) is 27.4 Å². The molecule has 25 heavy (non-hydrogen) atoms. The number of carbonyl (C=O) groups excluding carboxylic acids is 1. The van der Waals surface area contributed by atoms with E-state index in [0.717, 1.165) is 3.57 Å². The number of rotatable bonds is 4. The monoisotopic (exact) mass is 478 g/mol. The highest BCUT2D eigenvalue weighted by molar-refractivity contribution is 14.1. The van der Waals surface area contributed by atoms with E-state index in [0.29, 0.717) is 31.0 Å². The van der Waals surface area contributed by atoms with Crippen LogP contribution in [0.1, 0.15) is 23.1 Å². The fraction of sp³-hybridized carbons (Fsp3) is 0.500. The van der Waals surface area contributed by atoms with Crippen molar-refractivity contribution in [1.82, 2.24) is 29.2 Å². The van der Waals surface area contributed by atoms with Gasteiger partial charge in [-0.2, -0.15) is 14.5 Å². The zero-order valence-corrected chi connectivity index (χ0v) is 16.9. The van der Waals surface area contributed by atoms with Crippen LogP contribution in [0.3, 0.4) is 0 Å². The molecule has 0 radical (unpaired) electrons. The van der Waals surface area contributed by atoms with E-state index in [9.17, 15) is 13.2 Å². The average molecular weight is 478 g/mol. The van der Waals surface area contributed by atoms with Crippen LogP contribution in [-0.4, -0.2) is 69.7 Å². The maximum Gasteiger partial charge on any atom is 0.273 e. The van der Waals surface area contributed by atoms with E-state index in [1.807, 2.05) is 29.5 Å². The van der Waals surface area contributed by atoms with E-state index in [1.54, 1.807) is 28.9 Å². The number of halogens is 1. The zero-order chi connectivity index (χ0) is 18.2. The quantitative estimate of drug-likeness (QED) is 0.652. The number of aromatic nitrogens is 4. The highest BCUT2D eigenvalue weighted by atomic mass is 127. The summed E-state index contributed by atoms with van der Waals surface area (Å²) < 4.78 is 29.5. The lowest BCUT2D eigenvalue weighted by molar-refractivity contribution is 0.0691. The smallest absolute Gasteiger partial charge is 0.273 e. The number of piperazine rings is 1. The van der Waals surface area contributed by atoms with Gasteiger partial charge in [0, 0.05) is 38.9 Å². The van der Waals surface area contributed by atoms with Crippen molar-refractivity contribution in [3.8, 4) is 0 Å². The third kappa shape index (κ3) is 3.44. The second-order valence-electron chi connectivity index (χ2n) is 5.72. The van der Waals surface area contributed by atoms with Crippen molar-refractivity contribution in [2.45, 2.75) is 25.3 Å². The molecule has 0 aliphatic carbocycles. The van der Waals surface area contributed by atoms with Gasteiger partial charge in [-0.1, -0.05) is 0 Å². The molecule has 1 saturated heterocycles. The predicted molar refractivity (Wildman–Crippen MR) is 98.6 cm³/mol. The van der Waals surface area contributed by atoms with Gasteiger partial charge in [-0.3, -0.25) is 14.6 Å².